The van der Waals surface area contributed by atoms with Gasteiger partial charge in [-0.05, 0) is 17.7 Å². The zero-order chi connectivity index (χ0) is 18.7. The van der Waals surface area contributed by atoms with Crippen LogP contribution >= 0.6 is 11.6 Å². The zero-order valence-electron chi connectivity index (χ0n) is 14.9. The average Bonchev–Trinajstić information content (AvgIpc) is 3.08. The largest absolute Gasteiger partial charge is 0.467 e. The van der Waals surface area contributed by atoms with E-state index in [9.17, 15) is 9.59 Å². The molecule has 1 aromatic carbocycles. The lowest BCUT2D eigenvalue weighted by Gasteiger charge is -2.37. The van der Waals surface area contributed by atoms with Crippen LogP contribution in [0.15, 0.2) is 24.3 Å². The van der Waals surface area contributed by atoms with Gasteiger partial charge in [-0.3, -0.25) is 9.80 Å². The summed E-state index contributed by atoms with van der Waals surface area (Å²) in [6.45, 7) is 2.94. The number of carbonyl (C=O) groups is 2. The third-order valence-electron chi connectivity index (χ3n) is 5.08. The summed E-state index contributed by atoms with van der Waals surface area (Å²) in [6, 6.07) is 6.57. The number of morpholine rings is 1. The van der Waals surface area contributed by atoms with Crippen molar-refractivity contribution in [3.63, 3.8) is 0 Å². The van der Waals surface area contributed by atoms with Gasteiger partial charge in [-0.25, -0.2) is 9.59 Å². The molecular weight excluding hydrogens is 360 g/mol. The summed E-state index contributed by atoms with van der Waals surface area (Å²) in [5.41, 5.74) is 1.02. The second kappa shape index (κ2) is 8.24. The van der Waals surface area contributed by atoms with Gasteiger partial charge in [0, 0.05) is 36.6 Å². The number of ether oxygens (including phenoxy) is 3. The lowest BCUT2D eigenvalue weighted by atomic mass is 9.89. The summed E-state index contributed by atoms with van der Waals surface area (Å²) < 4.78 is 15.4. The lowest BCUT2D eigenvalue weighted by molar-refractivity contribution is -0.147. The highest BCUT2D eigenvalue weighted by Crippen LogP contribution is 2.37. The Morgan fingerprint density at radius 1 is 1.12 bits per heavy atom. The van der Waals surface area contributed by atoms with Crippen LogP contribution in [-0.2, 0) is 19.0 Å². The van der Waals surface area contributed by atoms with Crippen LogP contribution in [0.1, 0.15) is 11.5 Å². The molecule has 0 radical (unpaired) electrons. The maximum absolute atomic E-state index is 12.6. The predicted molar refractivity (Wildman–Crippen MR) is 95.3 cm³/mol. The molecular formula is C18H23ClN2O5. The van der Waals surface area contributed by atoms with Gasteiger partial charge in [0.05, 0.1) is 27.4 Å². The normalized spacial score (nSPS) is 26.6. The van der Waals surface area contributed by atoms with Crippen molar-refractivity contribution in [3.8, 4) is 0 Å². The molecule has 26 heavy (non-hydrogen) atoms. The molecule has 2 heterocycles. The molecule has 7 nitrogen and oxygen atoms in total. The van der Waals surface area contributed by atoms with Crippen LogP contribution in [0, 0.1) is 0 Å². The van der Waals surface area contributed by atoms with Crippen LogP contribution in [0.25, 0.3) is 0 Å². The van der Waals surface area contributed by atoms with Gasteiger partial charge in [-0.1, -0.05) is 23.7 Å². The number of hydrogen-bond acceptors (Lipinski definition) is 6. The molecule has 142 valence electrons. The first-order valence-electron chi connectivity index (χ1n) is 8.56. The highest BCUT2D eigenvalue weighted by molar-refractivity contribution is 6.30. The molecule has 0 saturated carbocycles. The van der Waals surface area contributed by atoms with Gasteiger partial charge in [0.1, 0.15) is 6.04 Å². The van der Waals surface area contributed by atoms with Gasteiger partial charge in [-0.2, -0.15) is 0 Å². The molecule has 2 saturated heterocycles. The van der Waals surface area contributed by atoms with Crippen LogP contribution in [0.3, 0.4) is 0 Å². The van der Waals surface area contributed by atoms with Crippen LogP contribution < -0.4 is 0 Å². The van der Waals surface area contributed by atoms with Gasteiger partial charge in [-0.15, -0.1) is 0 Å². The van der Waals surface area contributed by atoms with Crippen LogP contribution in [-0.4, -0.2) is 81.0 Å². The zero-order valence-corrected chi connectivity index (χ0v) is 15.6. The second-order valence-electron chi connectivity index (χ2n) is 6.39. The smallest absolute Gasteiger partial charge is 0.410 e. The molecule has 3 unspecified atom stereocenters. The van der Waals surface area contributed by atoms with Crippen molar-refractivity contribution in [2.45, 2.75) is 18.0 Å². The number of halogens is 1. The van der Waals surface area contributed by atoms with E-state index in [2.05, 4.69) is 4.90 Å². The fourth-order valence-electron chi connectivity index (χ4n) is 3.87. The maximum atomic E-state index is 12.6. The van der Waals surface area contributed by atoms with Crippen molar-refractivity contribution in [1.29, 1.82) is 0 Å². The van der Waals surface area contributed by atoms with Crippen molar-refractivity contribution in [1.82, 2.24) is 9.80 Å². The van der Waals surface area contributed by atoms with E-state index in [-0.39, 0.29) is 12.0 Å². The molecule has 0 spiro atoms. The third-order valence-corrected chi connectivity index (χ3v) is 5.33. The molecule has 2 aliphatic heterocycles. The lowest BCUT2D eigenvalue weighted by Crippen LogP contribution is -2.55. The van der Waals surface area contributed by atoms with Crippen molar-refractivity contribution in [2.24, 2.45) is 0 Å². The SMILES string of the molecule is COC(=O)C1C(N2CCOCC2)C(c2ccc(Cl)cc2)CN1C(=O)OC. The Kier molecular flexibility index (Phi) is 6.01. The molecule has 2 fully saturated rings. The summed E-state index contributed by atoms with van der Waals surface area (Å²) in [7, 11) is 2.65. The molecule has 1 amide bonds. The standard InChI is InChI=1S/C18H23ClN2O5/c1-24-17(22)16-15(20-7-9-26-10-8-20)14(11-21(16)18(23)25-2)12-3-5-13(19)6-4-12/h3-6,14-16H,7-11H2,1-2H3. The van der Waals surface area contributed by atoms with Crippen LogP contribution in [0.5, 0.6) is 0 Å². The van der Waals surface area contributed by atoms with Crippen molar-refractivity contribution >= 4 is 23.7 Å². The molecule has 0 N–H and O–H groups in total. The fraction of sp³-hybridized carbons (Fsp3) is 0.556. The molecule has 0 aromatic heterocycles. The quantitative estimate of drug-likeness (QED) is 0.742. The van der Waals surface area contributed by atoms with Gasteiger partial charge in [0.15, 0.2) is 0 Å². The summed E-state index contributed by atoms with van der Waals surface area (Å²) >= 11 is 6.02. The third kappa shape index (κ3) is 3.65. The van der Waals surface area contributed by atoms with Gasteiger partial charge >= 0.3 is 12.1 Å². The first kappa shape index (κ1) is 18.9. The maximum Gasteiger partial charge on any atom is 0.410 e. The molecule has 0 aliphatic carbocycles. The number of rotatable bonds is 3. The first-order chi connectivity index (χ1) is 12.6. The Morgan fingerprint density at radius 3 is 2.35 bits per heavy atom. The van der Waals surface area contributed by atoms with Gasteiger partial charge in [0.25, 0.3) is 0 Å². The van der Waals surface area contributed by atoms with E-state index in [1.165, 1.54) is 19.1 Å². The number of amides is 1. The first-order valence-corrected chi connectivity index (χ1v) is 8.94. The number of nitrogens with zero attached hydrogens (tertiary/aromatic N) is 2. The minimum absolute atomic E-state index is 0.0615. The number of esters is 1. The van der Waals surface area contributed by atoms with E-state index >= 15 is 0 Å². The number of benzene rings is 1. The Morgan fingerprint density at radius 2 is 1.77 bits per heavy atom. The van der Waals surface area contributed by atoms with Crippen LogP contribution in [0.4, 0.5) is 4.79 Å². The molecule has 0 bridgehead atoms. The monoisotopic (exact) mass is 382 g/mol. The van der Waals surface area contributed by atoms with E-state index in [4.69, 9.17) is 25.8 Å². The highest BCUT2D eigenvalue weighted by Gasteiger charge is 2.52. The van der Waals surface area contributed by atoms with Crippen molar-refractivity contribution in [3.05, 3.63) is 34.9 Å². The minimum Gasteiger partial charge on any atom is -0.467 e. The topological polar surface area (TPSA) is 68.3 Å². The van der Waals surface area contributed by atoms with Gasteiger partial charge in [0.2, 0.25) is 0 Å². The molecule has 8 heteroatoms. The summed E-state index contributed by atoms with van der Waals surface area (Å²) in [4.78, 5) is 28.6. The minimum atomic E-state index is -0.730. The Labute approximate surface area is 157 Å². The Hall–Kier alpha value is -1.83. The van der Waals surface area contributed by atoms with E-state index in [0.717, 1.165) is 5.56 Å². The molecule has 3 rings (SSSR count). The number of carbonyl (C=O) groups excluding carboxylic acids is 2. The number of hydrogen-bond donors (Lipinski definition) is 0. The molecule has 2 aliphatic rings. The highest BCUT2D eigenvalue weighted by atomic mass is 35.5. The molecule has 3 atom stereocenters. The number of likely N-dealkylation sites (tertiary alicyclic amines) is 1. The van der Waals surface area contributed by atoms with E-state index < -0.39 is 18.1 Å². The Balaban J connectivity index is 2.00. The average molecular weight is 383 g/mol. The van der Waals surface area contributed by atoms with E-state index in [1.807, 2.05) is 24.3 Å². The van der Waals surface area contributed by atoms with Gasteiger partial charge < -0.3 is 14.2 Å². The van der Waals surface area contributed by atoms with E-state index in [1.54, 1.807) is 0 Å². The summed E-state index contributed by atoms with van der Waals surface area (Å²) in [5, 5.41) is 0.643. The van der Waals surface area contributed by atoms with Crippen molar-refractivity contribution < 1.29 is 23.8 Å². The fourth-order valence-corrected chi connectivity index (χ4v) is 4.00. The van der Waals surface area contributed by atoms with Crippen molar-refractivity contribution in [2.75, 3.05) is 47.1 Å². The predicted octanol–water partition coefficient (Wildman–Crippen LogP) is 1.75. The summed E-state index contributed by atoms with van der Waals surface area (Å²) in [6.07, 6.45) is -0.532. The van der Waals surface area contributed by atoms with E-state index in [0.29, 0.717) is 37.9 Å². The second-order valence-corrected chi connectivity index (χ2v) is 6.82. The van der Waals surface area contributed by atoms with Crippen LogP contribution in [0.2, 0.25) is 5.02 Å². The number of methoxy groups -OCH3 is 2. The summed E-state index contributed by atoms with van der Waals surface area (Å²) in [5.74, 6) is -0.503. The molecule has 1 aromatic rings. The Bertz CT molecular complexity index is 647.